The van der Waals surface area contributed by atoms with Gasteiger partial charge in [-0.2, -0.15) is 0 Å². The van der Waals surface area contributed by atoms with Crippen LogP contribution in [0.3, 0.4) is 0 Å². The van der Waals surface area contributed by atoms with Crippen LogP contribution in [0.5, 0.6) is 0 Å². The zero-order valence-electron chi connectivity index (χ0n) is 11.0. The van der Waals surface area contributed by atoms with Gasteiger partial charge in [0.2, 0.25) is 0 Å². The van der Waals surface area contributed by atoms with E-state index in [1.807, 2.05) is 42.5 Å². The van der Waals surface area contributed by atoms with Crippen LogP contribution < -0.4 is 0 Å². The molecule has 0 radical (unpaired) electrons. The summed E-state index contributed by atoms with van der Waals surface area (Å²) in [5.41, 5.74) is 3.35. The SMILES string of the molecule is O=C/C(=C/CCc1ccccc1)Cc1ccccc1. The lowest BCUT2D eigenvalue weighted by atomic mass is 10.0. The highest BCUT2D eigenvalue weighted by molar-refractivity contribution is 5.73. The molecule has 2 aromatic carbocycles. The third-order valence-corrected chi connectivity index (χ3v) is 3.08. The Morgan fingerprint density at radius 2 is 1.42 bits per heavy atom. The average molecular weight is 250 g/mol. The van der Waals surface area contributed by atoms with Crippen molar-refractivity contribution >= 4 is 6.29 Å². The van der Waals surface area contributed by atoms with E-state index in [0.717, 1.165) is 31.1 Å². The number of carbonyl (C=O) groups is 1. The van der Waals surface area contributed by atoms with E-state index in [9.17, 15) is 4.79 Å². The molecule has 0 N–H and O–H groups in total. The summed E-state index contributed by atoms with van der Waals surface area (Å²) in [5, 5.41) is 0. The monoisotopic (exact) mass is 250 g/mol. The molecule has 19 heavy (non-hydrogen) atoms. The summed E-state index contributed by atoms with van der Waals surface area (Å²) in [6.07, 6.45) is 5.63. The quantitative estimate of drug-likeness (QED) is 0.559. The molecule has 0 unspecified atom stereocenters. The normalized spacial score (nSPS) is 11.3. The van der Waals surface area contributed by atoms with Gasteiger partial charge in [0.05, 0.1) is 0 Å². The minimum absolute atomic E-state index is 0.721. The van der Waals surface area contributed by atoms with Crippen LogP contribution in [0.2, 0.25) is 0 Å². The van der Waals surface area contributed by atoms with Gasteiger partial charge in [-0.3, -0.25) is 4.79 Å². The molecule has 0 spiro atoms. The second-order valence-electron chi connectivity index (χ2n) is 4.58. The van der Waals surface area contributed by atoms with Crippen LogP contribution >= 0.6 is 0 Å². The van der Waals surface area contributed by atoms with Crippen LogP contribution in [0.4, 0.5) is 0 Å². The smallest absolute Gasteiger partial charge is 0.146 e. The number of hydrogen-bond acceptors (Lipinski definition) is 1. The highest BCUT2D eigenvalue weighted by Gasteiger charge is 1.98. The van der Waals surface area contributed by atoms with E-state index in [2.05, 4.69) is 24.3 Å². The number of aryl methyl sites for hydroxylation is 1. The Morgan fingerprint density at radius 1 is 0.842 bits per heavy atom. The van der Waals surface area contributed by atoms with E-state index in [1.165, 1.54) is 11.1 Å². The van der Waals surface area contributed by atoms with E-state index in [4.69, 9.17) is 0 Å². The largest absolute Gasteiger partial charge is 0.298 e. The van der Waals surface area contributed by atoms with Gasteiger partial charge in [-0.25, -0.2) is 0 Å². The Balaban J connectivity index is 1.91. The lowest BCUT2D eigenvalue weighted by Gasteiger charge is -2.01. The summed E-state index contributed by atoms with van der Waals surface area (Å²) in [6.45, 7) is 0. The van der Waals surface area contributed by atoms with Crippen molar-refractivity contribution in [2.45, 2.75) is 19.3 Å². The zero-order chi connectivity index (χ0) is 13.3. The fourth-order valence-electron chi connectivity index (χ4n) is 2.06. The van der Waals surface area contributed by atoms with Crippen LogP contribution in [-0.4, -0.2) is 6.29 Å². The molecule has 0 fully saturated rings. The van der Waals surface area contributed by atoms with Crippen molar-refractivity contribution in [2.24, 2.45) is 0 Å². The summed E-state index contributed by atoms with van der Waals surface area (Å²) < 4.78 is 0. The second kappa shape index (κ2) is 7.32. The molecule has 2 rings (SSSR count). The zero-order valence-corrected chi connectivity index (χ0v) is 11.0. The van der Waals surface area contributed by atoms with E-state index in [1.54, 1.807) is 0 Å². The number of aldehydes is 1. The second-order valence-corrected chi connectivity index (χ2v) is 4.58. The summed E-state index contributed by atoms with van der Waals surface area (Å²) >= 11 is 0. The van der Waals surface area contributed by atoms with E-state index < -0.39 is 0 Å². The fraction of sp³-hybridized carbons (Fsp3) is 0.167. The van der Waals surface area contributed by atoms with Gasteiger partial charge in [-0.1, -0.05) is 66.7 Å². The van der Waals surface area contributed by atoms with Crippen LogP contribution in [0.25, 0.3) is 0 Å². The maximum Gasteiger partial charge on any atom is 0.146 e. The predicted molar refractivity (Wildman–Crippen MR) is 79.1 cm³/mol. The summed E-state index contributed by atoms with van der Waals surface area (Å²) in [5.74, 6) is 0. The third-order valence-electron chi connectivity index (χ3n) is 3.08. The molecule has 0 bridgehead atoms. The first-order valence-corrected chi connectivity index (χ1v) is 6.60. The predicted octanol–water partition coefficient (Wildman–Crippen LogP) is 3.99. The minimum Gasteiger partial charge on any atom is -0.298 e. The van der Waals surface area contributed by atoms with Gasteiger partial charge in [-0.15, -0.1) is 0 Å². The molecule has 1 nitrogen and oxygen atoms in total. The first-order valence-electron chi connectivity index (χ1n) is 6.60. The first kappa shape index (κ1) is 13.3. The highest BCUT2D eigenvalue weighted by Crippen LogP contribution is 2.09. The van der Waals surface area contributed by atoms with Gasteiger partial charge in [0.25, 0.3) is 0 Å². The minimum atomic E-state index is 0.721. The third kappa shape index (κ3) is 4.55. The number of allylic oxidation sites excluding steroid dienone is 2. The molecular weight excluding hydrogens is 232 g/mol. The van der Waals surface area contributed by atoms with Crippen molar-refractivity contribution in [2.75, 3.05) is 0 Å². The molecule has 0 atom stereocenters. The molecular formula is C18H18O. The van der Waals surface area contributed by atoms with Gasteiger partial charge in [0, 0.05) is 6.42 Å². The van der Waals surface area contributed by atoms with Crippen molar-refractivity contribution in [3.63, 3.8) is 0 Å². The van der Waals surface area contributed by atoms with Gasteiger partial charge < -0.3 is 0 Å². The van der Waals surface area contributed by atoms with Crippen LogP contribution in [0.1, 0.15) is 17.5 Å². The Labute approximate surface area is 114 Å². The topological polar surface area (TPSA) is 17.1 Å². The Bertz CT molecular complexity index is 526. The summed E-state index contributed by atoms with van der Waals surface area (Å²) in [4.78, 5) is 11.1. The van der Waals surface area contributed by atoms with Crippen molar-refractivity contribution in [1.29, 1.82) is 0 Å². The van der Waals surface area contributed by atoms with Crippen LogP contribution in [0, 0.1) is 0 Å². The molecule has 0 heterocycles. The molecule has 0 aliphatic rings. The highest BCUT2D eigenvalue weighted by atomic mass is 16.1. The van der Waals surface area contributed by atoms with Crippen molar-refractivity contribution in [3.05, 3.63) is 83.4 Å². The van der Waals surface area contributed by atoms with E-state index in [0.29, 0.717) is 0 Å². The molecule has 0 aliphatic heterocycles. The first-order chi connectivity index (χ1) is 9.38. The number of hydrogen-bond donors (Lipinski definition) is 0. The molecule has 0 aliphatic carbocycles. The molecule has 2 aromatic rings. The van der Waals surface area contributed by atoms with Crippen molar-refractivity contribution < 1.29 is 4.79 Å². The Kier molecular flexibility index (Phi) is 5.12. The van der Waals surface area contributed by atoms with Crippen LogP contribution in [-0.2, 0) is 17.6 Å². The van der Waals surface area contributed by atoms with Gasteiger partial charge in [-0.05, 0) is 29.5 Å². The average Bonchev–Trinajstić information content (AvgIpc) is 2.48. The number of carbonyl (C=O) groups excluding carboxylic acids is 1. The lowest BCUT2D eigenvalue weighted by molar-refractivity contribution is -0.105. The molecule has 0 saturated carbocycles. The Hall–Kier alpha value is -2.15. The van der Waals surface area contributed by atoms with Crippen LogP contribution in [0.15, 0.2) is 72.3 Å². The molecule has 0 amide bonds. The van der Waals surface area contributed by atoms with Gasteiger partial charge in [0.15, 0.2) is 0 Å². The van der Waals surface area contributed by atoms with E-state index >= 15 is 0 Å². The number of benzene rings is 2. The fourth-order valence-corrected chi connectivity index (χ4v) is 2.06. The maximum absolute atomic E-state index is 11.1. The lowest BCUT2D eigenvalue weighted by Crippen LogP contribution is -1.93. The summed E-state index contributed by atoms with van der Waals surface area (Å²) in [7, 11) is 0. The maximum atomic E-state index is 11.1. The number of rotatable bonds is 6. The van der Waals surface area contributed by atoms with Crippen molar-refractivity contribution in [1.82, 2.24) is 0 Å². The van der Waals surface area contributed by atoms with E-state index in [-0.39, 0.29) is 0 Å². The molecule has 0 aromatic heterocycles. The standard InChI is InChI=1S/C18H18O/c19-15-18(14-17-10-5-2-6-11-17)13-7-12-16-8-3-1-4-9-16/h1-6,8-11,13,15H,7,12,14H2/b18-13+. The van der Waals surface area contributed by atoms with Gasteiger partial charge in [0.1, 0.15) is 6.29 Å². The summed E-state index contributed by atoms with van der Waals surface area (Å²) in [6, 6.07) is 20.4. The van der Waals surface area contributed by atoms with Gasteiger partial charge >= 0.3 is 0 Å². The molecule has 0 saturated heterocycles. The molecule has 96 valence electrons. The molecule has 1 heteroatoms. The van der Waals surface area contributed by atoms with Crippen molar-refractivity contribution in [3.8, 4) is 0 Å². The Morgan fingerprint density at radius 3 is 2.00 bits per heavy atom.